The molecule has 0 saturated carbocycles. The van der Waals surface area contributed by atoms with E-state index in [1.165, 1.54) is 0 Å². The highest BCUT2D eigenvalue weighted by Gasteiger charge is 2.37. The molecule has 28 heavy (non-hydrogen) atoms. The van der Waals surface area contributed by atoms with E-state index < -0.39 is 17.8 Å². The summed E-state index contributed by atoms with van der Waals surface area (Å²) in [5.74, 6) is -1.31. The molecule has 1 aliphatic rings. The summed E-state index contributed by atoms with van der Waals surface area (Å²) >= 11 is 0. The molecule has 1 saturated heterocycles. The molecule has 6 nitrogen and oxygen atoms in total. The van der Waals surface area contributed by atoms with Gasteiger partial charge in [-0.3, -0.25) is 14.9 Å². The molecule has 1 aromatic heterocycles. The fraction of sp³-hybridized carbons (Fsp3) is 0.136. The first kappa shape index (κ1) is 17.7. The molecule has 0 radical (unpaired) electrons. The average molecular weight is 373 g/mol. The zero-order valence-corrected chi connectivity index (χ0v) is 15.6. The molecule has 140 valence electrons. The second kappa shape index (κ2) is 6.81. The fourth-order valence-corrected chi connectivity index (χ4v) is 3.55. The van der Waals surface area contributed by atoms with Crippen LogP contribution in [0.25, 0.3) is 17.0 Å². The topological polar surface area (TPSA) is 71.4 Å². The summed E-state index contributed by atoms with van der Waals surface area (Å²) < 4.78 is 1.93. The number of para-hydroxylation sites is 2. The fourth-order valence-electron chi connectivity index (χ4n) is 3.55. The minimum absolute atomic E-state index is 0.0677. The molecule has 4 rings (SSSR count). The summed E-state index contributed by atoms with van der Waals surface area (Å²) in [7, 11) is 1.90. The van der Waals surface area contributed by atoms with E-state index in [9.17, 15) is 14.4 Å². The Labute approximate surface area is 162 Å². The number of anilines is 1. The molecule has 2 aromatic carbocycles. The lowest BCUT2D eigenvalue weighted by Gasteiger charge is -2.27. The molecule has 1 aliphatic heterocycles. The van der Waals surface area contributed by atoms with Crippen molar-refractivity contribution < 1.29 is 14.4 Å². The quantitative estimate of drug-likeness (QED) is 0.565. The Balaban J connectivity index is 1.83. The maximum Gasteiger partial charge on any atom is 0.335 e. The van der Waals surface area contributed by atoms with Crippen molar-refractivity contribution in [1.82, 2.24) is 9.88 Å². The lowest BCUT2D eigenvalue weighted by atomic mass is 10.0. The van der Waals surface area contributed by atoms with Crippen molar-refractivity contribution in [2.45, 2.75) is 13.3 Å². The van der Waals surface area contributed by atoms with Crippen LogP contribution in [0, 0.1) is 0 Å². The molecule has 3 aromatic rings. The van der Waals surface area contributed by atoms with Gasteiger partial charge in [0, 0.05) is 29.7 Å². The van der Waals surface area contributed by atoms with Crippen molar-refractivity contribution in [3.05, 3.63) is 71.4 Å². The summed E-state index contributed by atoms with van der Waals surface area (Å²) in [5.41, 5.74) is 3.01. The maximum atomic E-state index is 13.1. The Morgan fingerprint density at radius 2 is 1.71 bits per heavy atom. The largest absolute Gasteiger partial charge is 0.350 e. The predicted octanol–water partition coefficient (Wildman–Crippen LogP) is 3.41. The Hall–Kier alpha value is -3.67. The summed E-state index contributed by atoms with van der Waals surface area (Å²) in [4.78, 5) is 39.0. The number of urea groups is 1. The van der Waals surface area contributed by atoms with E-state index in [4.69, 9.17) is 0 Å². The highest BCUT2D eigenvalue weighted by molar-refractivity contribution is 6.39. The minimum atomic E-state index is -0.731. The van der Waals surface area contributed by atoms with E-state index >= 15 is 0 Å². The average Bonchev–Trinajstić information content (AvgIpc) is 3.01. The number of barbiturate groups is 1. The van der Waals surface area contributed by atoms with Gasteiger partial charge in [0.1, 0.15) is 5.57 Å². The van der Waals surface area contributed by atoms with Gasteiger partial charge in [0.25, 0.3) is 11.8 Å². The number of fused-ring (bicyclic) bond motifs is 1. The molecular formula is C22H19N3O3. The third kappa shape index (κ3) is 2.79. The molecular weight excluding hydrogens is 354 g/mol. The van der Waals surface area contributed by atoms with Crippen LogP contribution in [0.5, 0.6) is 0 Å². The van der Waals surface area contributed by atoms with Crippen LogP contribution < -0.4 is 10.2 Å². The number of carbonyl (C=O) groups is 3. The van der Waals surface area contributed by atoms with Crippen LogP contribution in [0.2, 0.25) is 0 Å². The SMILES string of the molecule is CCc1ccccc1N1C(=O)NC(=O)/C(=C\c2cn(C)c3ccccc23)C1=O. The number of rotatable bonds is 3. The van der Waals surface area contributed by atoms with Crippen molar-refractivity contribution in [2.24, 2.45) is 7.05 Å². The summed E-state index contributed by atoms with van der Waals surface area (Å²) in [5, 5.41) is 3.21. The standard InChI is InChI=1S/C22H19N3O3/c1-3-14-8-4-6-10-18(14)25-21(27)17(20(26)23-22(25)28)12-15-13-24(2)19-11-7-5-9-16(15)19/h4-13H,3H2,1-2H3,(H,23,26,28)/b17-12+. The normalized spacial score (nSPS) is 16.1. The van der Waals surface area contributed by atoms with Gasteiger partial charge in [0.2, 0.25) is 0 Å². The van der Waals surface area contributed by atoms with E-state index in [-0.39, 0.29) is 5.57 Å². The summed E-state index contributed by atoms with van der Waals surface area (Å²) in [6.07, 6.45) is 4.07. The van der Waals surface area contributed by atoms with Crippen molar-refractivity contribution in [2.75, 3.05) is 4.90 Å². The Morgan fingerprint density at radius 1 is 1.00 bits per heavy atom. The van der Waals surface area contributed by atoms with Crippen molar-refractivity contribution >= 4 is 40.5 Å². The van der Waals surface area contributed by atoms with Crippen LogP contribution >= 0.6 is 0 Å². The molecule has 6 heteroatoms. The zero-order valence-electron chi connectivity index (χ0n) is 15.6. The highest BCUT2D eigenvalue weighted by Crippen LogP contribution is 2.28. The first-order chi connectivity index (χ1) is 13.5. The molecule has 2 heterocycles. The molecule has 0 spiro atoms. The molecule has 1 N–H and O–H groups in total. The molecule has 0 bridgehead atoms. The van der Waals surface area contributed by atoms with Crippen LogP contribution in [-0.2, 0) is 23.1 Å². The number of imide groups is 2. The first-order valence-electron chi connectivity index (χ1n) is 9.04. The number of aryl methyl sites for hydroxylation is 2. The van der Waals surface area contributed by atoms with Gasteiger partial charge in [0.05, 0.1) is 5.69 Å². The number of aromatic nitrogens is 1. The van der Waals surface area contributed by atoms with E-state index in [1.807, 2.05) is 61.1 Å². The maximum absolute atomic E-state index is 13.1. The van der Waals surface area contributed by atoms with Gasteiger partial charge in [0.15, 0.2) is 0 Å². The summed E-state index contributed by atoms with van der Waals surface area (Å²) in [6, 6.07) is 14.2. The van der Waals surface area contributed by atoms with Gasteiger partial charge in [-0.1, -0.05) is 43.3 Å². The lowest BCUT2D eigenvalue weighted by Crippen LogP contribution is -2.54. The van der Waals surface area contributed by atoms with Gasteiger partial charge in [-0.15, -0.1) is 0 Å². The molecule has 0 aliphatic carbocycles. The van der Waals surface area contributed by atoms with Crippen LogP contribution in [0.1, 0.15) is 18.1 Å². The van der Waals surface area contributed by atoms with E-state index in [1.54, 1.807) is 18.2 Å². The van der Waals surface area contributed by atoms with Crippen LogP contribution in [0.4, 0.5) is 10.5 Å². The van der Waals surface area contributed by atoms with Crippen molar-refractivity contribution in [1.29, 1.82) is 0 Å². The number of amides is 4. The van der Waals surface area contributed by atoms with E-state index in [0.29, 0.717) is 12.1 Å². The van der Waals surface area contributed by atoms with E-state index in [0.717, 1.165) is 26.9 Å². The Kier molecular flexibility index (Phi) is 4.31. The minimum Gasteiger partial charge on any atom is -0.350 e. The Bertz CT molecular complexity index is 1160. The van der Waals surface area contributed by atoms with Gasteiger partial charge in [-0.2, -0.15) is 0 Å². The number of carbonyl (C=O) groups excluding carboxylic acids is 3. The monoisotopic (exact) mass is 373 g/mol. The molecule has 0 unspecified atom stereocenters. The van der Waals surface area contributed by atoms with Gasteiger partial charge < -0.3 is 4.57 Å². The van der Waals surface area contributed by atoms with Crippen molar-refractivity contribution in [3.63, 3.8) is 0 Å². The molecule has 1 fully saturated rings. The second-order valence-corrected chi connectivity index (χ2v) is 6.65. The smallest absolute Gasteiger partial charge is 0.335 e. The van der Waals surface area contributed by atoms with Crippen LogP contribution in [0.3, 0.4) is 0 Å². The highest BCUT2D eigenvalue weighted by atomic mass is 16.2. The van der Waals surface area contributed by atoms with Gasteiger partial charge in [-0.25, -0.2) is 9.69 Å². The predicted molar refractivity (Wildman–Crippen MR) is 108 cm³/mol. The number of nitrogens with zero attached hydrogens (tertiary/aromatic N) is 2. The lowest BCUT2D eigenvalue weighted by molar-refractivity contribution is -0.122. The Morgan fingerprint density at radius 3 is 2.50 bits per heavy atom. The van der Waals surface area contributed by atoms with Crippen LogP contribution in [-0.4, -0.2) is 22.4 Å². The second-order valence-electron chi connectivity index (χ2n) is 6.65. The van der Waals surface area contributed by atoms with Gasteiger partial charge >= 0.3 is 6.03 Å². The van der Waals surface area contributed by atoms with Crippen LogP contribution in [0.15, 0.2) is 60.3 Å². The number of benzene rings is 2. The molecule has 4 amide bonds. The third-order valence-corrected chi connectivity index (χ3v) is 4.94. The number of hydrogen-bond acceptors (Lipinski definition) is 3. The number of nitrogens with one attached hydrogen (secondary N) is 1. The number of hydrogen-bond donors (Lipinski definition) is 1. The van der Waals surface area contributed by atoms with Crippen molar-refractivity contribution in [3.8, 4) is 0 Å². The molecule has 0 atom stereocenters. The summed E-state index contributed by atoms with van der Waals surface area (Å²) in [6.45, 7) is 1.95. The zero-order chi connectivity index (χ0) is 19.8. The van der Waals surface area contributed by atoms with E-state index in [2.05, 4.69) is 5.32 Å². The first-order valence-corrected chi connectivity index (χ1v) is 9.04. The third-order valence-electron chi connectivity index (χ3n) is 4.94. The van der Waals surface area contributed by atoms with Gasteiger partial charge in [-0.05, 0) is 30.2 Å².